The summed E-state index contributed by atoms with van der Waals surface area (Å²) >= 11 is 0. The molecule has 3 aromatic carbocycles. The molecule has 0 fully saturated rings. The molecule has 144 valence electrons. The lowest BCUT2D eigenvalue weighted by molar-refractivity contribution is -0.123. The van der Waals surface area contributed by atoms with Crippen molar-refractivity contribution in [1.82, 2.24) is 5.43 Å². The van der Waals surface area contributed by atoms with Gasteiger partial charge < -0.3 is 4.74 Å². The summed E-state index contributed by atoms with van der Waals surface area (Å²) in [6, 6.07) is 22.5. The average molecular weight is 387 g/mol. The van der Waals surface area contributed by atoms with Gasteiger partial charge in [-0.05, 0) is 60.0 Å². The number of carbonyl (C=O) groups excluding carboxylic acids is 1. The van der Waals surface area contributed by atoms with E-state index >= 15 is 0 Å². The quantitative estimate of drug-likeness (QED) is 0.507. The van der Waals surface area contributed by atoms with E-state index in [1.165, 1.54) is 12.1 Å². The molecule has 3 rings (SSSR count). The number of hydrogen-bond donors (Lipinski definition) is 1. The van der Waals surface area contributed by atoms with Gasteiger partial charge in [-0.25, -0.2) is 9.82 Å². The van der Waals surface area contributed by atoms with Crippen LogP contribution in [0.3, 0.4) is 0 Å². The van der Waals surface area contributed by atoms with Crippen molar-refractivity contribution in [2.45, 2.75) is 6.92 Å². The molecule has 0 aliphatic rings. The molecule has 0 spiro atoms. The number of halogens is 1. The van der Waals surface area contributed by atoms with Crippen LogP contribution in [0.15, 0.2) is 77.9 Å². The summed E-state index contributed by atoms with van der Waals surface area (Å²) in [5, 5.41) is 12.9. The van der Waals surface area contributed by atoms with Crippen LogP contribution in [0.4, 0.5) is 4.39 Å². The first-order valence-electron chi connectivity index (χ1n) is 8.87. The van der Waals surface area contributed by atoms with Crippen molar-refractivity contribution in [3.8, 4) is 22.9 Å². The van der Waals surface area contributed by atoms with Gasteiger partial charge in [0, 0.05) is 0 Å². The van der Waals surface area contributed by atoms with E-state index in [4.69, 9.17) is 10.00 Å². The van der Waals surface area contributed by atoms with Crippen molar-refractivity contribution in [2.75, 3.05) is 6.61 Å². The lowest BCUT2D eigenvalue weighted by Gasteiger charge is -2.07. The average Bonchev–Trinajstić information content (AvgIpc) is 2.77. The molecule has 3 aromatic rings. The van der Waals surface area contributed by atoms with Gasteiger partial charge in [-0.3, -0.25) is 4.79 Å². The monoisotopic (exact) mass is 387 g/mol. The smallest absolute Gasteiger partial charge is 0.277 e. The predicted octanol–water partition coefficient (Wildman–Crippen LogP) is 4.28. The molecule has 6 heteroatoms. The summed E-state index contributed by atoms with van der Waals surface area (Å²) in [7, 11) is 0. The Morgan fingerprint density at radius 1 is 1.00 bits per heavy atom. The molecule has 0 aliphatic heterocycles. The van der Waals surface area contributed by atoms with Crippen LogP contribution in [0, 0.1) is 17.1 Å². The van der Waals surface area contributed by atoms with Crippen molar-refractivity contribution in [1.29, 1.82) is 5.26 Å². The Hall–Kier alpha value is -3.98. The highest BCUT2D eigenvalue weighted by atomic mass is 19.1. The van der Waals surface area contributed by atoms with Crippen molar-refractivity contribution < 1.29 is 13.9 Å². The maximum absolute atomic E-state index is 12.9. The molecule has 0 heterocycles. The highest BCUT2D eigenvalue weighted by molar-refractivity contribution is 5.99. The fourth-order valence-corrected chi connectivity index (χ4v) is 2.56. The number of hydrazone groups is 1. The van der Waals surface area contributed by atoms with Crippen molar-refractivity contribution in [3.05, 3.63) is 89.7 Å². The molecule has 0 aliphatic carbocycles. The van der Waals surface area contributed by atoms with Gasteiger partial charge in [-0.15, -0.1) is 0 Å². The third-order valence-corrected chi connectivity index (χ3v) is 4.18. The molecule has 5 nitrogen and oxygen atoms in total. The van der Waals surface area contributed by atoms with Gasteiger partial charge in [-0.1, -0.05) is 36.4 Å². The van der Waals surface area contributed by atoms with Gasteiger partial charge in [-0.2, -0.15) is 10.4 Å². The minimum absolute atomic E-state index is 0.184. The van der Waals surface area contributed by atoms with Crippen LogP contribution in [0.25, 0.3) is 11.1 Å². The highest BCUT2D eigenvalue weighted by Gasteiger charge is 2.04. The molecule has 1 N–H and O–H groups in total. The number of nitrogens with zero attached hydrogens (tertiary/aromatic N) is 2. The van der Waals surface area contributed by atoms with E-state index < -0.39 is 5.91 Å². The molecule has 0 aromatic heterocycles. The van der Waals surface area contributed by atoms with Crippen LogP contribution >= 0.6 is 0 Å². The van der Waals surface area contributed by atoms with E-state index in [-0.39, 0.29) is 12.4 Å². The normalized spacial score (nSPS) is 10.9. The molecule has 0 atom stereocenters. The van der Waals surface area contributed by atoms with Crippen LogP contribution in [0.5, 0.6) is 5.75 Å². The van der Waals surface area contributed by atoms with Gasteiger partial charge in [0.15, 0.2) is 6.61 Å². The summed E-state index contributed by atoms with van der Waals surface area (Å²) in [6.07, 6.45) is 0. The predicted molar refractivity (Wildman–Crippen MR) is 109 cm³/mol. The van der Waals surface area contributed by atoms with E-state index in [0.29, 0.717) is 22.6 Å². The van der Waals surface area contributed by atoms with Gasteiger partial charge in [0.1, 0.15) is 11.6 Å². The molecule has 0 bridgehead atoms. The molecule has 0 unspecified atom stereocenters. The van der Waals surface area contributed by atoms with Gasteiger partial charge >= 0.3 is 0 Å². The number of nitriles is 1. The Kier molecular flexibility index (Phi) is 6.33. The number of ether oxygens (including phenoxy) is 1. The first kappa shape index (κ1) is 19.8. The second-order valence-electron chi connectivity index (χ2n) is 6.24. The summed E-state index contributed by atoms with van der Waals surface area (Å²) in [5.74, 6) is -0.177. The number of carbonyl (C=O) groups is 1. The Morgan fingerprint density at radius 3 is 2.17 bits per heavy atom. The second kappa shape index (κ2) is 9.29. The SMILES string of the molecule is CC(=NNC(=O)COc1ccc(-c2ccc(C#N)cc2)cc1)c1ccc(F)cc1. The van der Waals surface area contributed by atoms with Gasteiger partial charge in [0.2, 0.25) is 0 Å². The Morgan fingerprint density at radius 2 is 1.59 bits per heavy atom. The summed E-state index contributed by atoms with van der Waals surface area (Å²) < 4.78 is 18.4. The lowest BCUT2D eigenvalue weighted by atomic mass is 10.0. The Labute approximate surface area is 168 Å². The summed E-state index contributed by atoms with van der Waals surface area (Å²) in [6.45, 7) is 1.53. The number of benzene rings is 3. The van der Waals surface area contributed by atoms with Crippen molar-refractivity contribution in [3.63, 3.8) is 0 Å². The standard InChI is InChI=1S/C23H18FN3O2/c1-16(18-6-10-21(24)11-7-18)26-27-23(28)15-29-22-12-8-20(9-13-22)19-4-2-17(14-25)3-5-19/h2-13H,15H2,1H3,(H,27,28). The highest BCUT2D eigenvalue weighted by Crippen LogP contribution is 2.22. The van der Waals surface area contributed by atoms with E-state index in [9.17, 15) is 9.18 Å². The fourth-order valence-electron chi connectivity index (χ4n) is 2.56. The lowest BCUT2D eigenvalue weighted by Crippen LogP contribution is -2.25. The third-order valence-electron chi connectivity index (χ3n) is 4.18. The zero-order valence-corrected chi connectivity index (χ0v) is 15.7. The topological polar surface area (TPSA) is 74.5 Å². The Bertz CT molecular complexity index is 1050. The molecule has 0 radical (unpaired) electrons. The van der Waals surface area contributed by atoms with Crippen LogP contribution in [-0.2, 0) is 4.79 Å². The van der Waals surface area contributed by atoms with Crippen LogP contribution < -0.4 is 10.2 Å². The van der Waals surface area contributed by atoms with Gasteiger partial charge in [0.25, 0.3) is 5.91 Å². The largest absolute Gasteiger partial charge is 0.484 e. The zero-order chi connectivity index (χ0) is 20.6. The molecule has 0 saturated heterocycles. The first-order chi connectivity index (χ1) is 14.0. The third kappa shape index (κ3) is 5.50. The van der Waals surface area contributed by atoms with Crippen molar-refractivity contribution in [2.24, 2.45) is 5.10 Å². The molecular formula is C23H18FN3O2. The maximum atomic E-state index is 12.9. The number of amides is 1. The number of nitrogens with one attached hydrogen (secondary N) is 1. The van der Waals surface area contributed by atoms with E-state index in [1.807, 2.05) is 24.3 Å². The second-order valence-corrected chi connectivity index (χ2v) is 6.24. The minimum atomic E-state index is -0.400. The van der Waals surface area contributed by atoms with E-state index in [2.05, 4.69) is 16.6 Å². The van der Waals surface area contributed by atoms with Crippen LogP contribution in [0.2, 0.25) is 0 Å². The molecule has 1 amide bonds. The first-order valence-corrected chi connectivity index (χ1v) is 8.87. The number of rotatable bonds is 6. The van der Waals surface area contributed by atoms with E-state index in [1.54, 1.807) is 43.3 Å². The molecule has 0 saturated carbocycles. The van der Waals surface area contributed by atoms with E-state index in [0.717, 1.165) is 11.1 Å². The summed E-state index contributed by atoms with van der Waals surface area (Å²) in [4.78, 5) is 11.9. The zero-order valence-electron chi connectivity index (χ0n) is 15.7. The molecular weight excluding hydrogens is 369 g/mol. The summed E-state index contributed by atoms with van der Waals surface area (Å²) in [5.41, 5.74) is 6.26. The minimum Gasteiger partial charge on any atom is -0.484 e. The number of hydrogen-bond acceptors (Lipinski definition) is 4. The Balaban J connectivity index is 1.52. The van der Waals surface area contributed by atoms with Crippen LogP contribution in [0.1, 0.15) is 18.1 Å². The fraction of sp³-hybridized carbons (Fsp3) is 0.0870. The van der Waals surface area contributed by atoms with Gasteiger partial charge in [0.05, 0.1) is 17.3 Å². The molecule has 29 heavy (non-hydrogen) atoms. The van der Waals surface area contributed by atoms with Crippen molar-refractivity contribution >= 4 is 11.6 Å². The van der Waals surface area contributed by atoms with Crippen LogP contribution in [-0.4, -0.2) is 18.2 Å². The maximum Gasteiger partial charge on any atom is 0.277 e.